The molecule has 0 heterocycles. The van der Waals surface area contributed by atoms with E-state index in [1.807, 2.05) is 6.07 Å². The van der Waals surface area contributed by atoms with Crippen LogP contribution in [-0.4, -0.2) is 12.4 Å². The highest BCUT2D eigenvalue weighted by Crippen LogP contribution is 2.18. The van der Waals surface area contributed by atoms with Crippen LogP contribution in [0.2, 0.25) is 0 Å². The summed E-state index contributed by atoms with van der Waals surface area (Å²) >= 11 is 0. The number of nitrogens with zero attached hydrogens (tertiary/aromatic N) is 1. The highest BCUT2D eigenvalue weighted by molar-refractivity contribution is 5.64. The first kappa shape index (κ1) is 10.8. The minimum atomic E-state index is -4.33. The SMILES string of the molecule is CC(/N=C/C(F)(F)F)c1ccccc1. The monoisotopic (exact) mass is 201 g/mol. The Kier molecular flexibility index (Phi) is 3.28. The fourth-order valence-electron chi connectivity index (χ4n) is 1.01. The van der Waals surface area contributed by atoms with Gasteiger partial charge in [-0.1, -0.05) is 30.3 Å². The number of aliphatic imine (C=N–C) groups is 1. The van der Waals surface area contributed by atoms with Crippen LogP contribution in [0.1, 0.15) is 18.5 Å². The van der Waals surface area contributed by atoms with Gasteiger partial charge in [-0.15, -0.1) is 0 Å². The van der Waals surface area contributed by atoms with Crippen LogP contribution in [0.25, 0.3) is 0 Å². The second-order valence-corrected chi connectivity index (χ2v) is 2.91. The first-order valence-electron chi connectivity index (χ1n) is 4.15. The molecule has 1 unspecified atom stereocenters. The molecule has 0 bridgehead atoms. The Labute approximate surface area is 80.3 Å². The maximum Gasteiger partial charge on any atom is 0.426 e. The second kappa shape index (κ2) is 4.26. The Morgan fingerprint density at radius 1 is 1.21 bits per heavy atom. The Morgan fingerprint density at radius 3 is 2.29 bits per heavy atom. The van der Waals surface area contributed by atoms with E-state index < -0.39 is 12.2 Å². The Bertz CT molecular complexity index is 303. The normalized spacial score (nSPS) is 14.6. The van der Waals surface area contributed by atoms with Gasteiger partial charge in [0.25, 0.3) is 0 Å². The first-order valence-corrected chi connectivity index (χ1v) is 4.15. The zero-order chi connectivity index (χ0) is 10.6. The van der Waals surface area contributed by atoms with E-state index in [1.54, 1.807) is 31.2 Å². The third-order valence-electron chi connectivity index (χ3n) is 1.73. The van der Waals surface area contributed by atoms with Gasteiger partial charge in [-0.2, -0.15) is 13.2 Å². The highest BCUT2D eigenvalue weighted by atomic mass is 19.4. The second-order valence-electron chi connectivity index (χ2n) is 2.91. The summed E-state index contributed by atoms with van der Waals surface area (Å²) in [7, 11) is 0. The summed E-state index contributed by atoms with van der Waals surface area (Å²) in [6, 6.07) is 8.39. The molecule has 0 aliphatic rings. The lowest BCUT2D eigenvalue weighted by Crippen LogP contribution is -2.09. The summed E-state index contributed by atoms with van der Waals surface area (Å²) in [6.07, 6.45) is -4.30. The van der Waals surface area contributed by atoms with Crippen molar-refractivity contribution in [2.45, 2.75) is 19.1 Å². The van der Waals surface area contributed by atoms with Crippen LogP contribution in [0, 0.1) is 0 Å². The van der Waals surface area contributed by atoms with E-state index in [0.29, 0.717) is 0 Å². The minimum absolute atomic E-state index is 0.0324. The van der Waals surface area contributed by atoms with Gasteiger partial charge in [-0.25, -0.2) is 0 Å². The van der Waals surface area contributed by atoms with E-state index in [4.69, 9.17) is 0 Å². The Hall–Kier alpha value is -1.32. The van der Waals surface area contributed by atoms with Crippen LogP contribution in [0.15, 0.2) is 35.3 Å². The quantitative estimate of drug-likeness (QED) is 0.650. The predicted octanol–water partition coefficient (Wildman–Crippen LogP) is 3.38. The van der Waals surface area contributed by atoms with Gasteiger partial charge < -0.3 is 0 Å². The van der Waals surface area contributed by atoms with Crippen molar-refractivity contribution in [1.82, 2.24) is 0 Å². The summed E-state index contributed by atoms with van der Waals surface area (Å²) in [5.74, 6) is 0. The summed E-state index contributed by atoms with van der Waals surface area (Å²) < 4.78 is 35.3. The average molecular weight is 201 g/mol. The van der Waals surface area contributed by atoms with Crippen LogP contribution >= 0.6 is 0 Å². The lowest BCUT2D eigenvalue weighted by molar-refractivity contribution is -0.0538. The smallest absolute Gasteiger partial charge is 0.280 e. The molecule has 1 aromatic rings. The van der Waals surface area contributed by atoms with Crippen molar-refractivity contribution in [2.24, 2.45) is 4.99 Å². The van der Waals surface area contributed by atoms with Crippen LogP contribution < -0.4 is 0 Å². The van der Waals surface area contributed by atoms with Gasteiger partial charge in [0.05, 0.1) is 6.04 Å². The first-order chi connectivity index (χ1) is 6.49. The molecule has 4 heteroatoms. The molecule has 0 radical (unpaired) electrons. The van der Waals surface area contributed by atoms with Gasteiger partial charge in [0.15, 0.2) is 0 Å². The molecule has 0 aliphatic carbocycles. The Morgan fingerprint density at radius 2 is 1.79 bits per heavy atom. The van der Waals surface area contributed by atoms with Gasteiger partial charge in [0, 0.05) is 0 Å². The van der Waals surface area contributed by atoms with Gasteiger partial charge in [-0.05, 0) is 12.5 Å². The summed E-state index contributed by atoms with van der Waals surface area (Å²) in [5, 5.41) is 0. The molecule has 1 rings (SSSR count). The summed E-state index contributed by atoms with van der Waals surface area (Å²) in [4.78, 5) is 3.42. The summed E-state index contributed by atoms with van der Waals surface area (Å²) in [5.41, 5.74) is 0.771. The van der Waals surface area contributed by atoms with E-state index in [0.717, 1.165) is 5.56 Å². The largest absolute Gasteiger partial charge is 0.426 e. The standard InChI is InChI=1S/C10H10F3N/c1-8(14-7-10(11,12)13)9-5-3-2-4-6-9/h2-8H,1H3/b14-7+. The number of alkyl halides is 3. The fourth-order valence-corrected chi connectivity index (χ4v) is 1.01. The third kappa shape index (κ3) is 3.60. The number of benzene rings is 1. The minimum Gasteiger partial charge on any atom is -0.280 e. The van der Waals surface area contributed by atoms with Crippen molar-refractivity contribution < 1.29 is 13.2 Å². The summed E-state index contributed by atoms with van der Waals surface area (Å²) in [6.45, 7) is 1.62. The van der Waals surface area contributed by atoms with Gasteiger partial charge in [0.1, 0.15) is 6.21 Å². The molecule has 0 saturated carbocycles. The third-order valence-corrected chi connectivity index (χ3v) is 1.73. The van der Waals surface area contributed by atoms with E-state index in [9.17, 15) is 13.2 Å². The number of rotatable bonds is 2. The van der Waals surface area contributed by atoms with Crippen molar-refractivity contribution >= 4 is 6.21 Å². The van der Waals surface area contributed by atoms with Crippen LogP contribution in [0.3, 0.4) is 0 Å². The molecule has 0 amide bonds. The van der Waals surface area contributed by atoms with Crippen molar-refractivity contribution in [3.63, 3.8) is 0 Å². The molecule has 76 valence electrons. The number of halogens is 3. The molecule has 0 aliphatic heterocycles. The number of hydrogen-bond donors (Lipinski definition) is 0. The molecule has 0 spiro atoms. The molecule has 0 N–H and O–H groups in total. The molecule has 1 nitrogen and oxygen atoms in total. The van der Waals surface area contributed by atoms with Gasteiger partial charge in [-0.3, -0.25) is 4.99 Å². The van der Waals surface area contributed by atoms with Crippen molar-refractivity contribution in [3.8, 4) is 0 Å². The maximum atomic E-state index is 11.8. The molecule has 1 atom stereocenters. The molecule has 0 aromatic heterocycles. The lowest BCUT2D eigenvalue weighted by atomic mass is 10.1. The number of hydrogen-bond acceptors (Lipinski definition) is 1. The van der Waals surface area contributed by atoms with Crippen molar-refractivity contribution in [3.05, 3.63) is 35.9 Å². The predicted molar refractivity (Wildman–Crippen MR) is 49.4 cm³/mol. The van der Waals surface area contributed by atoms with Crippen molar-refractivity contribution in [2.75, 3.05) is 0 Å². The fraction of sp³-hybridized carbons (Fsp3) is 0.300. The van der Waals surface area contributed by atoms with Crippen molar-refractivity contribution in [1.29, 1.82) is 0 Å². The van der Waals surface area contributed by atoms with Crippen LogP contribution in [-0.2, 0) is 0 Å². The zero-order valence-electron chi connectivity index (χ0n) is 7.62. The van der Waals surface area contributed by atoms with Gasteiger partial charge >= 0.3 is 6.18 Å². The van der Waals surface area contributed by atoms with E-state index >= 15 is 0 Å². The van der Waals surface area contributed by atoms with Gasteiger partial charge in [0.2, 0.25) is 0 Å². The lowest BCUT2D eigenvalue weighted by Gasteiger charge is -2.06. The highest BCUT2D eigenvalue weighted by Gasteiger charge is 2.23. The Balaban J connectivity index is 2.69. The molecular formula is C10H10F3N. The maximum absolute atomic E-state index is 11.8. The molecule has 0 saturated heterocycles. The van der Waals surface area contributed by atoms with Crippen LogP contribution in [0.4, 0.5) is 13.2 Å². The topological polar surface area (TPSA) is 12.4 Å². The molecule has 1 aromatic carbocycles. The zero-order valence-corrected chi connectivity index (χ0v) is 7.62. The van der Waals surface area contributed by atoms with E-state index in [2.05, 4.69) is 4.99 Å². The average Bonchev–Trinajstić information content (AvgIpc) is 2.14. The molecular weight excluding hydrogens is 191 g/mol. The molecule has 14 heavy (non-hydrogen) atoms. The molecule has 0 fully saturated rings. The van der Waals surface area contributed by atoms with E-state index in [-0.39, 0.29) is 6.21 Å². The van der Waals surface area contributed by atoms with E-state index in [1.165, 1.54) is 0 Å². The van der Waals surface area contributed by atoms with Crippen LogP contribution in [0.5, 0.6) is 0 Å².